The van der Waals surface area contributed by atoms with Crippen molar-refractivity contribution in [3.63, 3.8) is 0 Å². The molecule has 1 aromatic heterocycles. The number of methoxy groups -OCH3 is 3. The van der Waals surface area contributed by atoms with Crippen molar-refractivity contribution in [1.29, 1.82) is 0 Å². The summed E-state index contributed by atoms with van der Waals surface area (Å²) in [6, 6.07) is 3.71. The summed E-state index contributed by atoms with van der Waals surface area (Å²) >= 11 is 0. The summed E-state index contributed by atoms with van der Waals surface area (Å²) in [5.41, 5.74) is 0.329. The molecule has 0 aliphatic heterocycles. The van der Waals surface area contributed by atoms with E-state index < -0.39 is 5.69 Å². The number of H-pyrrole nitrogens is 1. The van der Waals surface area contributed by atoms with Crippen molar-refractivity contribution in [3.8, 4) is 17.2 Å². The molecular formula is C17H22N4O4. The molecule has 0 amide bonds. The minimum absolute atomic E-state index is 0.119. The molecule has 0 radical (unpaired) electrons. The Hall–Kier alpha value is -3.03. The second-order valence-corrected chi connectivity index (χ2v) is 5.45. The largest absolute Gasteiger partial charge is 0.493 e. The van der Waals surface area contributed by atoms with Gasteiger partial charge in [0, 0.05) is 6.04 Å². The van der Waals surface area contributed by atoms with Crippen molar-refractivity contribution in [1.82, 2.24) is 15.0 Å². The zero-order chi connectivity index (χ0) is 18.4. The maximum atomic E-state index is 11.7. The van der Waals surface area contributed by atoms with Crippen molar-refractivity contribution < 1.29 is 14.2 Å². The summed E-state index contributed by atoms with van der Waals surface area (Å²) in [7, 11) is 4.65. The third-order valence-electron chi connectivity index (χ3n) is 3.21. The van der Waals surface area contributed by atoms with Crippen molar-refractivity contribution >= 4 is 18.1 Å². The van der Waals surface area contributed by atoms with Gasteiger partial charge < -0.3 is 19.5 Å². The van der Waals surface area contributed by atoms with Crippen LogP contribution in [0.15, 0.2) is 16.9 Å². The van der Waals surface area contributed by atoms with Gasteiger partial charge in [0.15, 0.2) is 11.5 Å². The molecule has 2 aromatic rings. The first kappa shape index (κ1) is 18.3. The Morgan fingerprint density at radius 2 is 1.68 bits per heavy atom. The lowest BCUT2D eigenvalue weighted by Gasteiger charge is -2.12. The van der Waals surface area contributed by atoms with Gasteiger partial charge >= 0.3 is 5.69 Å². The highest BCUT2D eigenvalue weighted by molar-refractivity contribution is 5.70. The molecule has 0 aliphatic carbocycles. The number of nitrogens with zero attached hydrogens (tertiary/aromatic N) is 2. The topological polar surface area (TPSA) is 98.4 Å². The van der Waals surface area contributed by atoms with Gasteiger partial charge in [0.05, 0.1) is 21.3 Å². The smallest absolute Gasteiger partial charge is 0.349 e. The lowest BCUT2D eigenvalue weighted by Crippen LogP contribution is -2.20. The number of aromatic nitrogens is 3. The van der Waals surface area contributed by atoms with Gasteiger partial charge in [-0.2, -0.15) is 9.97 Å². The van der Waals surface area contributed by atoms with E-state index in [9.17, 15) is 4.79 Å². The van der Waals surface area contributed by atoms with Gasteiger partial charge in [0.1, 0.15) is 5.82 Å². The van der Waals surface area contributed by atoms with Crippen LogP contribution in [0.4, 0.5) is 5.95 Å². The molecule has 25 heavy (non-hydrogen) atoms. The number of hydrogen-bond donors (Lipinski definition) is 2. The average Bonchev–Trinajstić information content (AvgIpc) is 2.57. The minimum atomic E-state index is -0.470. The zero-order valence-electron chi connectivity index (χ0n) is 14.9. The number of aromatic amines is 1. The van der Waals surface area contributed by atoms with Gasteiger partial charge in [-0.3, -0.25) is 4.98 Å². The van der Waals surface area contributed by atoms with Crippen LogP contribution in [-0.4, -0.2) is 42.3 Å². The first-order valence-corrected chi connectivity index (χ1v) is 7.69. The molecule has 0 fully saturated rings. The number of rotatable bonds is 7. The molecule has 134 valence electrons. The van der Waals surface area contributed by atoms with Crippen LogP contribution in [0.3, 0.4) is 0 Å². The standard InChI is InChI=1S/C17H22N4O4/c1-10(2)18-16-19-14(20-17(22)21-16)7-6-11-8-12(23-3)15(25-5)13(9-11)24-4/h6-10H,1-5H3,(H2,18,19,20,21,22). The maximum absolute atomic E-state index is 11.7. The van der Waals surface area contributed by atoms with Gasteiger partial charge in [-0.15, -0.1) is 0 Å². The highest BCUT2D eigenvalue weighted by Gasteiger charge is 2.12. The fourth-order valence-corrected chi connectivity index (χ4v) is 2.18. The number of anilines is 1. The molecule has 8 heteroatoms. The summed E-state index contributed by atoms with van der Waals surface area (Å²) in [4.78, 5) is 22.3. The molecule has 0 atom stereocenters. The van der Waals surface area contributed by atoms with Gasteiger partial charge in [-0.05, 0) is 37.6 Å². The van der Waals surface area contributed by atoms with Crippen molar-refractivity contribution in [2.75, 3.05) is 26.6 Å². The van der Waals surface area contributed by atoms with Crippen LogP contribution in [0, 0.1) is 0 Å². The fourth-order valence-electron chi connectivity index (χ4n) is 2.18. The van der Waals surface area contributed by atoms with Crippen LogP contribution < -0.4 is 25.2 Å². The second-order valence-electron chi connectivity index (χ2n) is 5.45. The van der Waals surface area contributed by atoms with E-state index in [4.69, 9.17) is 14.2 Å². The van der Waals surface area contributed by atoms with E-state index in [0.717, 1.165) is 5.56 Å². The lowest BCUT2D eigenvalue weighted by molar-refractivity contribution is 0.324. The van der Waals surface area contributed by atoms with Crippen molar-refractivity contribution in [2.24, 2.45) is 0 Å². The molecule has 1 heterocycles. The van der Waals surface area contributed by atoms with E-state index in [0.29, 0.717) is 23.1 Å². The Kier molecular flexibility index (Phi) is 5.99. The SMILES string of the molecule is COc1cc(C=Cc2nc(NC(C)C)nc(=O)[nH]2)cc(OC)c1OC. The number of nitrogens with one attached hydrogen (secondary N) is 2. The van der Waals surface area contributed by atoms with E-state index >= 15 is 0 Å². The van der Waals surface area contributed by atoms with Crippen LogP contribution in [0.2, 0.25) is 0 Å². The summed E-state index contributed by atoms with van der Waals surface area (Å²) < 4.78 is 15.9. The predicted molar refractivity (Wildman–Crippen MR) is 96.4 cm³/mol. The molecule has 0 spiro atoms. The number of benzene rings is 1. The summed E-state index contributed by atoms with van der Waals surface area (Å²) in [6.45, 7) is 3.88. The van der Waals surface area contributed by atoms with E-state index in [1.54, 1.807) is 45.6 Å². The maximum Gasteiger partial charge on any atom is 0.349 e. The Balaban J connectivity index is 2.36. The fraction of sp³-hybridized carbons (Fsp3) is 0.353. The summed E-state index contributed by atoms with van der Waals surface area (Å²) in [5.74, 6) is 2.26. The Bertz CT molecular complexity index is 790. The lowest BCUT2D eigenvalue weighted by atomic mass is 10.1. The summed E-state index contributed by atoms with van der Waals surface area (Å²) in [6.07, 6.45) is 3.46. The Labute approximate surface area is 145 Å². The minimum Gasteiger partial charge on any atom is -0.493 e. The van der Waals surface area contributed by atoms with Crippen LogP contribution in [0.5, 0.6) is 17.2 Å². The van der Waals surface area contributed by atoms with E-state index in [-0.39, 0.29) is 12.0 Å². The van der Waals surface area contributed by atoms with E-state index in [1.807, 2.05) is 13.8 Å². The molecule has 0 bridgehead atoms. The second kappa shape index (κ2) is 8.18. The average molecular weight is 346 g/mol. The molecule has 0 saturated heterocycles. The van der Waals surface area contributed by atoms with Crippen LogP contribution in [0.1, 0.15) is 25.2 Å². The zero-order valence-corrected chi connectivity index (χ0v) is 14.9. The van der Waals surface area contributed by atoms with Gasteiger partial charge in [-0.1, -0.05) is 6.08 Å². The van der Waals surface area contributed by atoms with Crippen LogP contribution >= 0.6 is 0 Å². The Morgan fingerprint density at radius 1 is 1.04 bits per heavy atom. The van der Waals surface area contributed by atoms with E-state index in [2.05, 4.69) is 20.3 Å². The van der Waals surface area contributed by atoms with Crippen LogP contribution in [-0.2, 0) is 0 Å². The molecule has 0 unspecified atom stereocenters. The third-order valence-corrected chi connectivity index (χ3v) is 3.21. The molecule has 1 aromatic carbocycles. The Morgan fingerprint density at radius 3 is 2.20 bits per heavy atom. The van der Waals surface area contributed by atoms with Gasteiger partial charge in [0.2, 0.25) is 11.7 Å². The predicted octanol–water partition coefficient (Wildman–Crippen LogP) is 2.18. The number of ether oxygens (including phenoxy) is 3. The first-order chi connectivity index (χ1) is 12.0. The molecule has 0 saturated carbocycles. The van der Waals surface area contributed by atoms with Crippen molar-refractivity contribution in [2.45, 2.75) is 19.9 Å². The van der Waals surface area contributed by atoms with Gasteiger partial charge in [0.25, 0.3) is 0 Å². The molecular weight excluding hydrogens is 324 g/mol. The number of hydrogen-bond acceptors (Lipinski definition) is 7. The van der Waals surface area contributed by atoms with E-state index in [1.165, 1.54) is 0 Å². The summed E-state index contributed by atoms with van der Waals surface area (Å²) in [5, 5.41) is 3.00. The molecule has 2 N–H and O–H groups in total. The van der Waals surface area contributed by atoms with Crippen LogP contribution in [0.25, 0.3) is 12.2 Å². The quantitative estimate of drug-likeness (QED) is 0.793. The third kappa shape index (κ3) is 4.72. The molecule has 0 aliphatic rings. The highest BCUT2D eigenvalue weighted by atomic mass is 16.5. The molecule has 8 nitrogen and oxygen atoms in total. The first-order valence-electron chi connectivity index (χ1n) is 7.69. The van der Waals surface area contributed by atoms with Crippen molar-refractivity contribution in [3.05, 3.63) is 34.0 Å². The molecule has 2 rings (SSSR count). The van der Waals surface area contributed by atoms with Gasteiger partial charge in [-0.25, -0.2) is 4.79 Å². The normalized spacial score (nSPS) is 11.0. The highest BCUT2D eigenvalue weighted by Crippen LogP contribution is 2.38. The monoisotopic (exact) mass is 346 g/mol.